The molecule has 22 heavy (non-hydrogen) atoms. The average Bonchev–Trinajstić information content (AvgIpc) is 2.71. The maximum Gasteiger partial charge on any atom is 0.325 e. The molecular formula is C12H12N2O7S. The van der Waals surface area contributed by atoms with Gasteiger partial charge in [-0.05, 0) is 18.2 Å². The number of fused-ring (bicyclic) bond motifs is 1. The number of carbonyl (C=O) groups excluding carboxylic acids is 3. The van der Waals surface area contributed by atoms with Crippen LogP contribution in [-0.2, 0) is 24.8 Å². The van der Waals surface area contributed by atoms with E-state index in [0.29, 0.717) is 0 Å². The number of imide groups is 1. The molecule has 2 amide bonds. The summed E-state index contributed by atoms with van der Waals surface area (Å²) in [5.41, 5.74) is 0.444. The van der Waals surface area contributed by atoms with Crippen molar-refractivity contribution in [2.45, 2.75) is 0 Å². The average molecular weight is 328 g/mol. The fraction of sp³-hybridized carbons (Fsp3) is 0.250. The van der Waals surface area contributed by atoms with Gasteiger partial charge in [-0.25, -0.2) is 13.5 Å². The molecule has 118 valence electrons. The first-order valence-corrected chi connectivity index (χ1v) is 7.08. The molecule has 0 fully saturated rings. The first kappa shape index (κ1) is 15.9. The second kappa shape index (κ2) is 6.12. The Kier molecular flexibility index (Phi) is 4.43. The van der Waals surface area contributed by atoms with E-state index in [1.807, 2.05) is 0 Å². The van der Waals surface area contributed by atoms with Crippen molar-refractivity contribution < 1.29 is 31.8 Å². The number of anilines is 1. The molecule has 2 rings (SSSR count). The third kappa shape index (κ3) is 2.92. The molecule has 10 heteroatoms. The van der Waals surface area contributed by atoms with Crippen molar-refractivity contribution >= 4 is 34.5 Å². The number of amides is 2. The van der Waals surface area contributed by atoms with Crippen LogP contribution in [0.1, 0.15) is 20.7 Å². The van der Waals surface area contributed by atoms with E-state index in [-0.39, 0.29) is 16.8 Å². The summed E-state index contributed by atoms with van der Waals surface area (Å²) in [6.45, 7) is -0.489. The van der Waals surface area contributed by atoms with Gasteiger partial charge in [0.2, 0.25) is 0 Å². The molecule has 0 aliphatic carbocycles. The molecule has 0 saturated heterocycles. The molecule has 0 spiro atoms. The van der Waals surface area contributed by atoms with E-state index < -0.39 is 35.3 Å². The Bertz CT molecular complexity index is 720. The summed E-state index contributed by atoms with van der Waals surface area (Å²) in [5, 5.41) is 0.937. The SMILES string of the molecule is COC(=O)CN1C(=O)c2ccc(N(C)O[SH](=O)=O)cc2C1=O. The van der Waals surface area contributed by atoms with Gasteiger partial charge in [0.1, 0.15) is 6.54 Å². The lowest BCUT2D eigenvalue weighted by atomic mass is 10.1. The van der Waals surface area contributed by atoms with E-state index in [0.717, 1.165) is 17.1 Å². The van der Waals surface area contributed by atoms with Gasteiger partial charge in [0, 0.05) is 7.05 Å². The largest absolute Gasteiger partial charge is 0.468 e. The highest BCUT2D eigenvalue weighted by Crippen LogP contribution is 2.27. The van der Waals surface area contributed by atoms with Crippen molar-refractivity contribution in [1.82, 2.24) is 4.90 Å². The monoisotopic (exact) mass is 328 g/mol. The number of hydrogen-bond acceptors (Lipinski definition) is 8. The summed E-state index contributed by atoms with van der Waals surface area (Å²) in [7, 11) is -0.628. The lowest BCUT2D eigenvalue weighted by molar-refractivity contribution is -0.140. The molecule has 0 radical (unpaired) electrons. The number of nitrogens with zero attached hydrogens (tertiary/aromatic N) is 2. The number of thiol groups is 1. The van der Waals surface area contributed by atoms with Crippen LogP contribution in [0.25, 0.3) is 0 Å². The van der Waals surface area contributed by atoms with Gasteiger partial charge < -0.3 is 4.74 Å². The highest BCUT2D eigenvalue weighted by Gasteiger charge is 2.37. The number of esters is 1. The molecule has 1 aromatic carbocycles. The number of hydrogen-bond donors (Lipinski definition) is 1. The predicted octanol–water partition coefficient (Wildman–Crippen LogP) is -0.650. The lowest BCUT2D eigenvalue weighted by Gasteiger charge is -2.14. The summed E-state index contributed by atoms with van der Waals surface area (Å²) in [6, 6.07) is 4.09. The fourth-order valence-electron chi connectivity index (χ4n) is 1.96. The zero-order chi connectivity index (χ0) is 16.4. The molecule has 9 nitrogen and oxygen atoms in total. The summed E-state index contributed by atoms with van der Waals surface area (Å²) >= 11 is 0. The zero-order valence-corrected chi connectivity index (χ0v) is 12.5. The van der Waals surface area contributed by atoms with Crippen LogP contribution in [-0.4, -0.2) is 51.8 Å². The van der Waals surface area contributed by atoms with Gasteiger partial charge >= 0.3 is 5.97 Å². The van der Waals surface area contributed by atoms with Gasteiger partial charge in [0.15, 0.2) is 0 Å². The van der Waals surface area contributed by atoms with Crippen molar-refractivity contribution in [1.29, 1.82) is 0 Å². The molecule has 0 unspecified atom stereocenters. The minimum Gasteiger partial charge on any atom is -0.468 e. The lowest BCUT2D eigenvalue weighted by Crippen LogP contribution is -2.35. The van der Waals surface area contributed by atoms with Crippen LogP contribution in [0.2, 0.25) is 0 Å². The number of carbonyl (C=O) groups is 3. The second-order valence-corrected chi connectivity index (χ2v) is 4.92. The number of ether oxygens (including phenoxy) is 1. The van der Waals surface area contributed by atoms with E-state index in [1.165, 1.54) is 25.2 Å². The Labute approximate surface area is 127 Å². The summed E-state index contributed by atoms with van der Waals surface area (Å²) in [5.74, 6) is -2.00. The van der Waals surface area contributed by atoms with E-state index >= 15 is 0 Å². The van der Waals surface area contributed by atoms with Gasteiger partial charge in [-0.3, -0.25) is 19.3 Å². The maximum absolute atomic E-state index is 12.2. The quantitative estimate of drug-likeness (QED) is 0.329. The number of methoxy groups -OCH3 is 1. The number of benzene rings is 1. The minimum atomic E-state index is -3.11. The van der Waals surface area contributed by atoms with Gasteiger partial charge in [0.25, 0.3) is 22.8 Å². The minimum absolute atomic E-state index is 0.0583. The third-order valence-electron chi connectivity index (χ3n) is 3.02. The van der Waals surface area contributed by atoms with Crippen molar-refractivity contribution in [3.63, 3.8) is 0 Å². The van der Waals surface area contributed by atoms with E-state index in [4.69, 9.17) is 0 Å². The molecule has 1 aliphatic heterocycles. The van der Waals surface area contributed by atoms with E-state index in [2.05, 4.69) is 9.02 Å². The van der Waals surface area contributed by atoms with Crippen molar-refractivity contribution in [3.8, 4) is 0 Å². The van der Waals surface area contributed by atoms with E-state index in [9.17, 15) is 22.8 Å². The molecule has 1 aliphatic rings. The van der Waals surface area contributed by atoms with Crippen LogP contribution in [0.5, 0.6) is 0 Å². The first-order valence-electron chi connectivity index (χ1n) is 5.98. The molecule has 0 saturated carbocycles. The first-order chi connectivity index (χ1) is 10.3. The Morgan fingerprint density at radius 2 is 1.86 bits per heavy atom. The molecule has 1 heterocycles. The molecule has 0 bridgehead atoms. The second-order valence-electron chi connectivity index (χ2n) is 4.31. The Morgan fingerprint density at radius 1 is 1.23 bits per heavy atom. The van der Waals surface area contributed by atoms with Gasteiger partial charge in [-0.1, -0.05) is 0 Å². The Morgan fingerprint density at radius 3 is 2.45 bits per heavy atom. The molecule has 0 aromatic heterocycles. The topological polar surface area (TPSA) is 110 Å². The summed E-state index contributed by atoms with van der Waals surface area (Å²) in [6.07, 6.45) is 0. The normalized spacial score (nSPS) is 13.5. The molecular weight excluding hydrogens is 316 g/mol. The van der Waals surface area contributed by atoms with Crippen LogP contribution in [0.3, 0.4) is 0 Å². The standard InChI is InChI=1S/C12H12N2O7S/c1-13(21-22(18)19)7-3-4-8-9(5-7)12(17)14(11(8)16)6-10(15)20-2/h3-5,22H,6H2,1-2H3. The van der Waals surface area contributed by atoms with E-state index in [1.54, 1.807) is 0 Å². The fourth-order valence-corrected chi connectivity index (χ4v) is 2.25. The van der Waals surface area contributed by atoms with Gasteiger partial charge in [0.05, 0.1) is 23.9 Å². The van der Waals surface area contributed by atoms with Crippen molar-refractivity contribution in [2.24, 2.45) is 0 Å². The Balaban J connectivity index is 2.31. The van der Waals surface area contributed by atoms with Crippen LogP contribution < -0.4 is 5.06 Å². The molecule has 0 atom stereocenters. The smallest absolute Gasteiger partial charge is 0.325 e. The maximum atomic E-state index is 12.2. The summed E-state index contributed by atoms with van der Waals surface area (Å²) < 4.78 is 30.0. The zero-order valence-electron chi connectivity index (χ0n) is 11.6. The highest BCUT2D eigenvalue weighted by atomic mass is 32.2. The number of hydroxylamine groups is 1. The van der Waals surface area contributed by atoms with Crippen LogP contribution in [0, 0.1) is 0 Å². The van der Waals surface area contributed by atoms with Crippen LogP contribution in [0.15, 0.2) is 18.2 Å². The van der Waals surface area contributed by atoms with Crippen LogP contribution in [0.4, 0.5) is 5.69 Å². The van der Waals surface area contributed by atoms with Crippen LogP contribution >= 0.6 is 0 Å². The third-order valence-corrected chi connectivity index (χ3v) is 3.40. The van der Waals surface area contributed by atoms with Gasteiger partial charge in [-0.15, -0.1) is 0 Å². The van der Waals surface area contributed by atoms with Crippen molar-refractivity contribution in [3.05, 3.63) is 29.3 Å². The number of rotatable bonds is 5. The van der Waals surface area contributed by atoms with Gasteiger partial charge in [-0.2, -0.15) is 4.28 Å². The highest BCUT2D eigenvalue weighted by molar-refractivity contribution is 7.67. The molecule has 0 N–H and O–H groups in total. The van der Waals surface area contributed by atoms with Crippen molar-refractivity contribution in [2.75, 3.05) is 25.8 Å². The Hall–Kier alpha value is -2.46. The predicted molar refractivity (Wildman–Crippen MR) is 73.6 cm³/mol. The molecule has 1 aromatic rings. The summed E-state index contributed by atoms with van der Waals surface area (Å²) in [4.78, 5) is 36.2.